The molecule has 0 unspecified atom stereocenters. The second kappa shape index (κ2) is 5.98. The van der Waals surface area contributed by atoms with Crippen LogP contribution in [0.2, 0.25) is 0 Å². The van der Waals surface area contributed by atoms with Crippen molar-refractivity contribution in [2.24, 2.45) is 5.41 Å². The summed E-state index contributed by atoms with van der Waals surface area (Å²) in [6, 6.07) is 1.94. The maximum absolute atomic E-state index is 11.9. The first kappa shape index (κ1) is 15.9. The molecule has 0 fully saturated rings. The Bertz CT molecular complexity index is 409. The molecular weight excluding hydrogens is 244 g/mol. The first-order valence-corrected chi connectivity index (χ1v) is 6.74. The van der Waals surface area contributed by atoms with Crippen LogP contribution in [0.3, 0.4) is 0 Å². The molecule has 0 amide bonds. The number of carboxylic acids is 1. The number of carboxylic acid groups (broad SMARTS) is 1. The van der Waals surface area contributed by atoms with Gasteiger partial charge in [0.1, 0.15) is 0 Å². The minimum atomic E-state index is -3.52. The maximum atomic E-state index is 11.9. The molecule has 98 valence electrons. The highest BCUT2D eigenvalue weighted by Gasteiger charge is 2.29. The molecule has 7 heteroatoms. The smallest absolute Gasteiger partial charge is 0.304 e. The Kier molecular flexibility index (Phi) is 5.58. The van der Waals surface area contributed by atoms with Crippen molar-refractivity contribution in [1.29, 1.82) is 5.26 Å². The van der Waals surface area contributed by atoms with E-state index in [0.717, 1.165) is 4.31 Å². The van der Waals surface area contributed by atoms with E-state index in [1.54, 1.807) is 13.8 Å². The standard InChI is InChI=1S/C10H18N2O4S/c1-10(2,5-6-11)8-17(15,16)12(3)7-4-9(13)14/h4-5,7-8H2,1-3H3,(H,13,14). The van der Waals surface area contributed by atoms with Crippen LogP contribution in [0, 0.1) is 16.7 Å². The molecule has 0 aliphatic carbocycles. The molecule has 0 aromatic rings. The molecule has 0 aliphatic heterocycles. The molecule has 0 aromatic heterocycles. The van der Waals surface area contributed by atoms with Gasteiger partial charge in [0.25, 0.3) is 0 Å². The average Bonchev–Trinajstić information content (AvgIpc) is 2.11. The zero-order valence-corrected chi connectivity index (χ0v) is 11.1. The summed E-state index contributed by atoms with van der Waals surface area (Å²) < 4.78 is 24.7. The van der Waals surface area contributed by atoms with Crippen molar-refractivity contribution >= 4 is 16.0 Å². The van der Waals surface area contributed by atoms with E-state index in [1.165, 1.54) is 7.05 Å². The van der Waals surface area contributed by atoms with Crippen LogP contribution in [-0.4, -0.2) is 43.1 Å². The fraction of sp³-hybridized carbons (Fsp3) is 0.800. The number of hydrogen-bond acceptors (Lipinski definition) is 4. The van der Waals surface area contributed by atoms with Crippen LogP contribution in [0.25, 0.3) is 0 Å². The van der Waals surface area contributed by atoms with Gasteiger partial charge in [0.2, 0.25) is 10.0 Å². The summed E-state index contributed by atoms with van der Waals surface area (Å²) in [5.74, 6) is -1.20. The number of hydrogen-bond donors (Lipinski definition) is 1. The van der Waals surface area contributed by atoms with Crippen LogP contribution in [0.1, 0.15) is 26.7 Å². The van der Waals surface area contributed by atoms with Crippen molar-refractivity contribution in [3.63, 3.8) is 0 Å². The van der Waals surface area contributed by atoms with E-state index in [-0.39, 0.29) is 25.1 Å². The Labute approximate surface area is 102 Å². The van der Waals surface area contributed by atoms with Gasteiger partial charge in [0.05, 0.1) is 18.2 Å². The van der Waals surface area contributed by atoms with E-state index in [0.29, 0.717) is 0 Å². The van der Waals surface area contributed by atoms with Gasteiger partial charge in [-0.15, -0.1) is 0 Å². The maximum Gasteiger partial charge on any atom is 0.304 e. The molecule has 0 heterocycles. The van der Waals surface area contributed by atoms with Crippen molar-refractivity contribution < 1.29 is 18.3 Å². The Balaban J connectivity index is 4.58. The molecule has 0 atom stereocenters. The van der Waals surface area contributed by atoms with E-state index in [4.69, 9.17) is 10.4 Å². The summed E-state index contributed by atoms with van der Waals surface area (Å²) in [5, 5.41) is 17.1. The first-order chi connectivity index (χ1) is 7.60. The lowest BCUT2D eigenvalue weighted by Gasteiger charge is -2.24. The van der Waals surface area contributed by atoms with E-state index in [2.05, 4.69) is 0 Å². The van der Waals surface area contributed by atoms with Crippen LogP contribution in [-0.2, 0) is 14.8 Å². The Morgan fingerprint density at radius 3 is 2.41 bits per heavy atom. The highest BCUT2D eigenvalue weighted by atomic mass is 32.2. The number of nitrogens with zero attached hydrogens (tertiary/aromatic N) is 2. The van der Waals surface area contributed by atoms with E-state index in [9.17, 15) is 13.2 Å². The minimum Gasteiger partial charge on any atom is -0.481 e. The van der Waals surface area contributed by atoms with Gasteiger partial charge in [-0.05, 0) is 5.41 Å². The molecule has 0 saturated heterocycles. The Morgan fingerprint density at radius 2 is 2.00 bits per heavy atom. The third kappa shape index (κ3) is 6.24. The third-order valence-corrected chi connectivity index (χ3v) is 4.52. The third-order valence-electron chi connectivity index (χ3n) is 2.25. The summed E-state index contributed by atoms with van der Waals surface area (Å²) in [6.07, 6.45) is -0.0899. The molecule has 0 saturated carbocycles. The fourth-order valence-corrected chi connectivity index (χ4v) is 2.94. The van der Waals surface area contributed by atoms with Gasteiger partial charge in [-0.3, -0.25) is 4.79 Å². The van der Waals surface area contributed by atoms with Crippen LogP contribution in [0.4, 0.5) is 0 Å². The predicted octanol–water partition coefficient (Wildman–Crippen LogP) is 0.663. The molecule has 0 aliphatic rings. The lowest BCUT2D eigenvalue weighted by molar-refractivity contribution is -0.137. The number of carbonyl (C=O) groups is 1. The molecule has 0 spiro atoms. The highest BCUT2D eigenvalue weighted by molar-refractivity contribution is 7.89. The van der Waals surface area contributed by atoms with Gasteiger partial charge >= 0.3 is 5.97 Å². The summed E-state index contributed by atoms with van der Waals surface area (Å²) >= 11 is 0. The largest absolute Gasteiger partial charge is 0.481 e. The molecule has 6 nitrogen and oxygen atoms in total. The first-order valence-electron chi connectivity index (χ1n) is 5.13. The summed E-state index contributed by atoms with van der Waals surface area (Å²) in [7, 11) is -2.17. The van der Waals surface area contributed by atoms with Gasteiger partial charge in [0, 0.05) is 20.0 Å². The van der Waals surface area contributed by atoms with Crippen LogP contribution >= 0.6 is 0 Å². The zero-order valence-electron chi connectivity index (χ0n) is 10.3. The molecule has 0 aromatic carbocycles. The van der Waals surface area contributed by atoms with Gasteiger partial charge in [-0.1, -0.05) is 13.8 Å². The number of rotatable bonds is 7. The van der Waals surface area contributed by atoms with E-state index >= 15 is 0 Å². The van der Waals surface area contributed by atoms with Gasteiger partial charge in [0.15, 0.2) is 0 Å². The van der Waals surface area contributed by atoms with Crippen molar-refractivity contribution in [3.05, 3.63) is 0 Å². The van der Waals surface area contributed by atoms with Crippen molar-refractivity contribution in [1.82, 2.24) is 4.31 Å². The van der Waals surface area contributed by atoms with Crippen LogP contribution in [0.5, 0.6) is 0 Å². The SMILES string of the molecule is CN(CCC(=O)O)S(=O)(=O)CC(C)(C)CC#N. The quantitative estimate of drug-likeness (QED) is 0.726. The second-order valence-electron chi connectivity index (χ2n) is 4.72. The fourth-order valence-electron chi connectivity index (χ4n) is 1.26. The molecule has 0 bridgehead atoms. The zero-order chi connectivity index (χ0) is 13.7. The monoisotopic (exact) mass is 262 g/mol. The van der Waals surface area contributed by atoms with Crippen LogP contribution in [0.15, 0.2) is 0 Å². The number of nitriles is 1. The Morgan fingerprint density at radius 1 is 1.47 bits per heavy atom. The van der Waals surface area contributed by atoms with Crippen LogP contribution < -0.4 is 0 Å². The normalized spacial score (nSPS) is 12.4. The summed E-state index contributed by atoms with van der Waals surface area (Å²) in [4.78, 5) is 10.4. The molecule has 0 radical (unpaired) electrons. The minimum absolute atomic E-state index is 0.0553. The van der Waals surface area contributed by atoms with Crippen molar-refractivity contribution in [3.8, 4) is 6.07 Å². The molecule has 17 heavy (non-hydrogen) atoms. The van der Waals surface area contributed by atoms with Gasteiger partial charge in [-0.2, -0.15) is 5.26 Å². The van der Waals surface area contributed by atoms with Gasteiger partial charge < -0.3 is 5.11 Å². The Hall–Kier alpha value is -1.13. The molecule has 0 rings (SSSR count). The number of aliphatic carboxylic acids is 1. The number of sulfonamides is 1. The predicted molar refractivity (Wildman–Crippen MR) is 62.7 cm³/mol. The molecular formula is C10H18N2O4S. The van der Waals surface area contributed by atoms with Crippen molar-refractivity contribution in [2.45, 2.75) is 26.7 Å². The van der Waals surface area contributed by atoms with Gasteiger partial charge in [-0.25, -0.2) is 12.7 Å². The lowest BCUT2D eigenvalue weighted by Crippen LogP contribution is -2.36. The van der Waals surface area contributed by atoms with E-state index in [1.807, 2.05) is 6.07 Å². The topological polar surface area (TPSA) is 98.5 Å². The second-order valence-corrected chi connectivity index (χ2v) is 6.80. The summed E-state index contributed by atoms with van der Waals surface area (Å²) in [5.41, 5.74) is -0.634. The highest BCUT2D eigenvalue weighted by Crippen LogP contribution is 2.23. The van der Waals surface area contributed by atoms with E-state index < -0.39 is 21.4 Å². The molecule has 1 N–H and O–H groups in total. The lowest BCUT2D eigenvalue weighted by atomic mass is 9.93. The van der Waals surface area contributed by atoms with Crippen molar-refractivity contribution in [2.75, 3.05) is 19.3 Å². The average molecular weight is 262 g/mol. The summed E-state index contributed by atoms with van der Waals surface area (Å²) in [6.45, 7) is 3.33.